The fraction of sp³-hybridized carbons (Fsp3) is 0.875. The third kappa shape index (κ3) is 4.27. The molecule has 0 aromatic carbocycles. The van der Waals surface area contributed by atoms with Crippen LogP contribution in [0.5, 0.6) is 0 Å². The number of hydrogen-bond acceptors (Lipinski definition) is 3. The zero-order valence-corrected chi connectivity index (χ0v) is 7.35. The number of nitrogens with two attached hydrogens (primary N) is 1. The van der Waals surface area contributed by atoms with Crippen molar-refractivity contribution in [2.75, 3.05) is 20.4 Å². The molecule has 0 aromatic rings. The molecule has 3 nitrogen and oxygen atoms in total. The first-order valence-electron chi connectivity index (χ1n) is 3.93. The summed E-state index contributed by atoms with van der Waals surface area (Å²) in [6, 6.07) is 1.77. The van der Waals surface area contributed by atoms with Gasteiger partial charge in [-0.15, -0.1) is 0 Å². The molecule has 0 rings (SSSR count). The highest BCUT2D eigenvalue weighted by molar-refractivity contribution is 5.04. The maximum atomic E-state index is 12.2. The largest absolute Gasteiger partial charge is 0.385 e. The Morgan fingerprint density at radius 3 is 2.67 bits per heavy atom. The van der Waals surface area contributed by atoms with Crippen molar-refractivity contribution in [3.63, 3.8) is 0 Å². The lowest BCUT2D eigenvalue weighted by Gasteiger charge is -2.16. The van der Waals surface area contributed by atoms with E-state index in [9.17, 15) is 4.39 Å². The zero-order valence-electron chi connectivity index (χ0n) is 7.35. The van der Waals surface area contributed by atoms with Crippen LogP contribution in [0, 0.1) is 11.3 Å². The van der Waals surface area contributed by atoms with Crippen LogP contribution in [0.4, 0.5) is 4.39 Å². The predicted octanol–water partition coefficient (Wildman–Crippen LogP) is 0.994. The van der Waals surface area contributed by atoms with Gasteiger partial charge in [0.15, 0.2) is 0 Å². The number of alkyl halides is 1. The normalized spacial score (nSPS) is 15.2. The average molecular weight is 174 g/mol. The zero-order chi connectivity index (χ0) is 9.45. The lowest BCUT2D eigenvalue weighted by atomic mass is 9.97. The van der Waals surface area contributed by atoms with Crippen molar-refractivity contribution in [2.24, 2.45) is 5.73 Å². The van der Waals surface area contributed by atoms with Gasteiger partial charge in [-0.25, -0.2) is 4.39 Å². The number of ether oxygens (including phenoxy) is 1. The van der Waals surface area contributed by atoms with Crippen LogP contribution in [0.25, 0.3) is 0 Å². The van der Waals surface area contributed by atoms with Gasteiger partial charge < -0.3 is 10.5 Å². The van der Waals surface area contributed by atoms with Crippen LogP contribution in [0.3, 0.4) is 0 Å². The maximum Gasteiger partial charge on any atom is 0.132 e. The monoisotopic (exact) mass is 174 g/mol. The van der Waals surface area contributed by atoms with E-state index in [2.05, 4.69) is 0 Å². The summed E-state index contributed by atoms with van der Waals surface area (Å²) in [4.78, 5) is 0. The van der Waals surface area contributed by atoms with Crippen LogP contribution < -0.4 is 5.73 Å². The Hall–Kier alpha value is -0.660. The van der Waals surface area contributed by atoms with E-state index in [1.807, 2.05) is 0 Å². The van der Waals surface area contributed by atoms with Crippen molar-refractivity contribution >= 4 is 0 Å². The number of methoxy groups -OCH3 is 1. The summed E-state index contributed by atoms with van der Waals surface area (Å²) in [5, 5.41) is 8.50. The third-order valence-electron chi connectivity index (χ3n) is 1.68. The van der Waals surface area contributed by atoms with Gasteiger partial charge in [-0.05, 0) is 19.3 Å². The van der Waals surface area contributed by atoms with Crippen molar-refractivity contribution in [2.45, 2.75) is 24.8 Å². The molecule has 0 amide bonds. The van der Waals surface area contributed by atoms with E-state index in [1.54, 1.807) is 13.2 Å². The highest BCUT2D eigenvalue weighted by atomic mass is 19.1. The minimum atomic E-state index is -1.28. The van der Waals surface area contributed by atoms with Gasteiger partial charge in [0.25, 0.3) is 0 Å². The number of nitriles is 1. The van der Waals surface area contributed by atoms with Crippen molar-refractivity contribution < 1.29 is 9.13 Å². The van der Waals surface area contributed by atoms with Crippen molar-refractivity contribution in [1.82, 2.24) is 0 Å². The molecule has 0 aliphatic rings. The number of rotatable bonds is 6. The predicted molar refractivity (Wildman–Crippen MR) is 44.2 cm³/mol. The third-order valence-corrected chi connectivity index (χ3v) is 1.68. The van der Waals surface area contributed by atoms with Crippen LogP contribution in [0.1, 0.15) is 19.3 Å². The van der Waals surface area contributed by atoms with E-state index in [-0.39, 0.29) is 0 Å². The SMILES string of the molecule is COCCCCC(N)(C#N)CF. The summed E-state index contributed by atoms with van der Waals surface area (Å²) in [6.45, 7) is -0.149. The molecule has 70 valence electrons. The molecule has 0 saturated carbocycles. The molecule has 0 saturated heterocycles. The van der Waals surface area contributed by atoms with E-state index in [4.69, 9.17) is 15.7 Å². The number of hydrogen-bond donors (Lipinski definition) is 1. The Balaban J connectivity index is 3.54. The molecule has 0 heterocycles. The summed E-state index contributed by atoms with van der Waals surface area (Å²) < 4.78 is 17.0. The molecule has 0 aliphatic heterocycles. The van der Waals surface area contributed by atoms with Crippen LogP contribution in [0.2, 0.25) is 0 Å². The number of nitrogens with zero attached hydrogens (tertiary/aromatic N) is 1. The molecule has 0 bridgehead atoms. The van der Waals surface area contributed by atoms with Crippen molar-refractivity contribution in [3.8, 4) is 6.07 Å². The van der Waals surface area contributed by atoms with E-state index in [0.29, 0.717) is 13.0 Å². The molecular weight excluding hydrogens is 159 g/mol. The Morgan fingerprint density at radius 2 is 2.25 bits per heavy atom. The molecule has 0 aromatic heterocycles. The lowest BCUT2D eigenvalue weighted by molar-refractivity contribution is 0.189. The summed E-state index contributed by atoms with van der Waals surface area (Å²) in [7, 11) is 1.61. The molecule has 0 radical (unpaired) electrons. The molecule has 4 heteroatoms. The molecule has 1 unspecified atom stereocenters. The summed E-state index contributed by atoms with van der Waals surface area (Å²) in [6.07, 6.45) is 1.93. The van der Waals surface area contributed by atoms with Gasteiger partial charge in [-0.3, -0.25) is 0 Å². The molecule has 0 fully saturated rings. The summed E-state index contributed by atoms with van der Waals surface area (Å²) >= 11 is 0. The second-order valence-electron chi connectivity index (χ2n) is 2.85. The van der Waals surface area contributed by atoms with Gasteiger partial charge in [0.05, 0.1) is 6.07 Å². The van der Waals surface area contributed by atoms with Crippen molar-refractivity contribution in [1.29, 1.82) is 5.26 Å². The minimum absolute atomic E-state index is 0.392. The van der Waals surface area contributed by atoms with E-state index >= 15 is 0 Å². The Morgan fingerprint density at radius 1 is 1.58 bits per heavy atom. The summed E-state index contributed by atoms with van der Waals surface area (Å²) in [5.74, 6) is 0. The molecule has 0 aliphatic carbocycles. The van der Waals surface area contributed by atoms with Crippen LogP contribution in [-0.2, 0) is 4.74 Å². The van der Waals surface area contributed by atoms with Gasteiger partial charge in [-0.2, -0.15) is 5.26 Å². The van der Waals surface area contributed by atoms with Gasteiger partial charge in [0.2, 0.25) is 0 Å². The van der Waals surface area contributed by atoms with Crippen molar-refractivity contribution in [3.05, 3.63) is 0 Å². The Labute approximate surface area is 72.3 Å². The first-order valence-corrected chi connectivity index (χ1v) is 3.93. The molecule has 2 N–H and O–H groups in total. The van der Waals surface area contributed by atoms with E-state index in [1.165, 1.54) is 0 Å². The average Bonchev–Trinajstić information content (AvgIpc) is 2.12. The number of unbranched alkanes of at least 4 members (excludes halogenated alkanes) is 1. The van der Waals surface area contributed by atoms with Gasteiger partial charge >= 0.3 is 0 Å². The molecule has 1 atom stereocenters. The lowest BCUT2D eigenvalue weighted by Crippen LogP contribution is -2.40. The van der Waals surface area contributed by atoms with Crippen LogP contribution in [0.15, 0.2) is 0 Å². The molecular formula is C8H15FN2O. The molecule has 0 spiro atoms. The fourth-order valence-electron chi connectivity index (χ4n) is 0.839. The highest BCUT2D eigenvalue weighted by Gasteiger charge is 2.23. The summed E-state index contributed by atoms with van der Waals surface area (Å²) in [5.41, 5.74) is 4.12. The van der Waals surface area contributed by atoms with Gasteiger partial charge in [-0.1, -0.05) is 0 Å². The standard InChI is InChI=1S/C8H15FN2O/c1-12-5-3-2-4-8(11,6-9)7-10/h2-6,11H2,1H3. The van der Waals surface area contributed by atoms with Crippen LogP contribution in [-0.4, -0.2) is 25.9 Å². The smallest absolute Gasteiger partial charge is 0.132 e. The van der Waals surface area contributed by atoms with Gasteiger partial charge in [0.1, 0.15) is 12.2 Å². The second-order valence-corrected chi connectivity index (χ2v) is 2.85. The molecule has 12 heavy (non-hydrogen) atoms. The first-order chi connectivity index (χ1) is 5.68. The Kier molecular flexibility index (Phi) is 5.60. The fourth-order valence-corrected chi connectivity index (χ4v) is 0.839. The second kappa shape index (κ2) is 5.92. The Bertz CT molecular complexity index is 158. The van der Waals surface area contributed by atoms with E-state index in [0.717, 1.165) is 12.8 Å². The topological polar surface area (TPSA) is 59.0 Å². The quantitative estimate of drug-likeness (QED) is 0.611. The van der Waals surface area contributed by atoms with E-state index < -0.39 is 12.2 Å². The minimum Gasteiger partial charge on any atom is -0.385 e. The van der Waals surface area contributed by atoms with Crippen LogP contribution >= 0.6 is 0 Å². The maximum absolute atomic E-state index is 12.2. The highest BCUT2D eigenvalue weighted by Crippen LogP contribution is 2.10. The first kappa shape index (κ1) is 11.3. The van der Waals surface area contributed by atoms with Gasteiger partial charge in [0, 0.05) is 13.7 Å². The number of halogens is 1.